The summed E-state index contributed by atoms with van der Waals surface area (Å²) >= 11 is 0. The first kappa shape index (κ1) is 13.4. The first-order valence-corrected chi connectivity index (χ1v) is 16.2. The summed E-state index contributed by atoms with van der Waals surface area (Å²) in [5.41, 5.74) is -4.91. The molecule has 0 aliphatic carbocycles. The van der Waals surface area contributed by atoms with Gasteiger partial charge >= 0.3 is 0 Å². The molecule has 1 heterocycles. The number of hydrogen-bond donors (Lipinski definition) is 0. The van der Waals surface area contributed by atoms with Crippen LogP contribution in [0.2, 0.25) is 0 Å². The van der Waals surface area contributed by atoms with Crippen molar-refractivity contribution in [1.82, 2.24) is 0 Å². The second-order valence-corrected chi connectivity index (χ2v) is 12.3. The van der Waals surface area contributed by atoms with Gasteiger partial charge in [-0.05, 0) is 136 Å². The first-order valence-electron chi connectivity index (χ1n) is 30.2. The molecule has 0 aliphatic rings. The molecule has 0 N–H and O–H groups in total. The molecule has 0 saturated heterocycles. The highest BCUT2D eigenvalue weighted by atomic mass is 16.3. The van der Waals surface area contributed by atoms with Crippen molar-refractivity contribution < 1.29 is 42.8 Å². The Labute approximate surface area is 346 Å². The largest absolute Gasteiger partial charge is 0.456 e. The molecule has 0 spiro atoms. The number of rotatable bonds is 3. The number of fused-ring (bicyclic) bond motifs is 9. The summed E-state index contributed by atoms with van der Waals surface area (Å²) in [7, 11) is 0. The van der Waals surface area contributed by atoms with Crippen LogP contribution in [-0.2, 0) is 0 Å². The maximum absolute atomic E-state index is 9.77. The van der Waals surface area contributed by atoms with E-state index in [4.69, 9.17) is 23.6 Å². The Balaban J connectivity index is 1.35. The van der Waals surface area contributed by atoms with Crippen molar-refractivity contribution in [1.29, 1.82) is 0 Å². The Morgan fingerprint density at radius 1 is 0.358 bits per heavy atom. The van der Waals surface area contributed by atoms with E-state index in [2.05, 4.69) is 0 Å². The third-order valence-corrected chi connectivity index (χ3v) is 9.26. The van der Waals surface area contributed by atoms with Crippen molar-refractivity contribution in [2.24, 2.45) is 0 Å². The van der Waals surface area contributed by atoms with Crippen molar-refractivity contribution in [2.45, 2.75) is 13.8 Å². The Bertz CT molecular complexity index is 4810. The molecule has 1 heteroatoms. The molecule has 248 valence electrons. The van der Waals surface area contributed by atoms with Crippen LogP contribution >= 0.6 is 0 Å². The van der Waals surface area contributed by atoms with E-state index in [1.807, 2.05) is 0 Å². The molecule has 11 aromatic rings. The molecule has 0 radical (unpaired) electrons. The van der Waals surface area contributed by atoms with Gasteiger partial charge in [0.15, 0.2) is 0 Å². The van der Waals surface area contributed by atoms with E-state index in [1.54, 1.807) is 6.92 Å². The van der Waals surface area contributed by atoms with Gasteiger partial charge in [0.05, 0.1) is 38.4 Å². The summed E-state index contributed by atoms with van der Waals surface area (Å²) in [6.07, 6.45) is 0. The zero-order valence-electron chi connectivity index (χ0n) is 55.4. The van der Waals surface area contributed by atoms with Gasteiger partial charge in [0.1, 0.15) is 11.2 Å². The van der Waals surface area contributed by atoms with Crippen LogP contribution in [0.1, 0.15) is 49.5 Å². The van der Waals surface area contributed by atoms with E-state index in [0.717, 1.165) is 0 Å². The molecule has 0 saturated carbocycles. The minimum absolute atomic E-state index is 0.159. The summed E-state index contributed by atoms with van der Waals surface area (Å²) < 4.78 is 263. The minimum atomic E-state index is -1.08. The third-order valence-electron chi connectivity index (χ3n) is 9.26. The van der Waals surface area contributed by atoms with Gasteiger partial charge in [-0.2, -0.15) is 0 Å². The predicted octanol–water partition coefficient (Wildman–Crippen LogP) is 15.0. The molecule has 0 unspecified atom stereocenters. The van der Waals surface area contributed by atoms with E-state index >= 15 is 0 Å². The molecule has 1 aromatic heterocycles. The van der Waals surface area contributed by atoms with Crippen molar-refractivity contribution in [2.75, 3.05) is 0 Å². The molecule has 10 aromatic carbocycles. The summed E-state index contributed by atoms with van der Waals surface area (Å²) in [6, 6.07) is -24.1. The monoisotopic (exact) mass is 702 g/mol. The smallest absolute Gasteiger partial charge is 0.136 e. The fraction of sp³-hybridized carbons (Fsp3) is 0.0385. The maximum atomic E-state index is 9.77. The predicted molar refractivity (Wildman–Crippen MR) is 227 cm³/mol. The van der Waals surface area contributed by atoms with Gasteiger partial charge in [-0.3, -0.25) is 0 Å². The van der Waals surface area contributed by atoms with Crippen LogP contribution < -0.4 is 0 Å². The second kappa shape index (κ2) is 11.4. The number of hydrogen-bond acceptors (Lipinski definition) is 1. The fourth-order valence-corrected chi connectivity index (χ4v) is 6.70. The number of furan rings is 1. The molecular formula is C52H34O. The van der Waals surface area contributed by atoms with Crippen LogP contribution in [0.15, 0.2) is 174 Å². The highest BCUT2D eigenvalue weighted by Crippen LogP contribution is 2.45. The lowest BCUT2D eigenvalue weighted by Gasteiger charge is -2.18. The molecular weight excluding hydrogens is 641 g/mol. The quantitative estimate of drug-likeness (QED) is 0.132. The van der Waals surface area contributed by atoms with E-state index in [9.17, 15) is 19.2 Å². The molecule has 0 aliphatic heterocycles. The molecule has 0 bridgehead atoms. The van der Waals surface area contributed by atoms with E-state index < -0.39 is 250 Å². The van der Waals surface area contributed by atoms with Crippen molar-refractivity contribution in [3.63, 3.8) is 0 Å². The van der Waals surface area contributed by atoms with Crippen LogP contribution in [0, 0.1) is 13.8 Å². The lowest BCUT2D eigenvalue weighted by atomic mass is 9.85. The molecule has 11 rings (SSSR count). The highest BCUT2D eigenvalue weighted by molar-refractivity contribution is 6.22. The topological polar surface area (TPSA) is 13.1 Å². The van der Waals surface area contributed by atoms with Gasteiger partial charge in [0.25, 0.3) is 0 Å². The Morgan fingerprint density at radius 3 is 1.60 bits per heavy atom. The average Bonchev–Trinajstić information content (AvgIpc) is 3.43. The SMILES string of the molecule is [2H]c1c([2H])c(-c2c([2H])c([2H])c([2H])c3oc4c([2H])c5c([2H])c(C)c(C)c([2H])c5c([2H])c4c23)c([2H])c([2H])c1-c1c2c([2H])c([2H])c([2H])c([2H])c2c(-c2c([2H])c([2H])c3c(c2[2H])c([2H])c([2H])c2c([2H])c([2H])c([2H])c([2H])c23)c2c([2H])c([2H])c([2H])c([2H])c12. The molecule has 0 atom stereocenters. The summed E-state index contributed by atoms with van der Waals surface area (Å²) in [6.45, 7) is 3.09. The normalized spacial score (nSPS) is 19.4. The lowest BCUT2D eigenvalue weighted by molar-refractivity contribution is 0.669. The van der Waals surface area contributed by atoms with Gasteiger partial charge in [0, 0.05) is 10.8 Å². The minimum Gasteiger partial charge on any atom is -0.456 e. The Hall–Kier alpha value is -6.70. The van der Waals surface area contributed by atoms with Gasteiger partial charge in [-0.25, -0.2) is 0 Å². The van der Waals surface area contributed by atoms with Crippen LogP contribution in [0.25, 0.3) is 109 Å². The second-order valence-electron chi connectivity index (χ2n) is 12.3. The van der Waals surface area contributed by atoms with Crippen molar-refractivity contribution >= 4 is 75.8 Å². The zero-order valence-corrected chi connectivity index (χ0v) is 27.4. The summed E-state index contributed by atoms with van der Waals surface area (Å²) in [5, 5.41) is -6.36. The standard InChI is InChI=1S/C52H34O/c1-31-26-38-29-47-49(30-39(38)27-32(31)2)53-48-17-9-16-42(52(47)48)34-18-21-35(22-19-34)50-43-12-5-7-14-45(43)51(46-15-8-6-13-44(46)50)37-24-25-41-36(28-37)23-20-33-10-3-4-11-40(33)41/h3-30H,1-2H3/i3D,4D,5D,6D,7D,8D,9D,10D,11D,12D,13D,14D,15D,16D,17D,18D,19D,20D,21D,22D,23D,24D,25D,26D,27D,28D,29D,30D. The van der Waals surface area contributed by atoms with Gasteiger partial charge in [-0.15, -0.1) is 0 Å². The highest BCUT2D eigenvalue weighted by Gasteiger charge is 2.18. The van der Waals surface area contributed by atoms with Crippen LogP contribution in [0.5, 0.6) is 0 Å². The molecule has 0 fully saturated rings. The Kier molecular flexibility index (Phi) is 2.88. The maximum Gasteiger partial charge on any atom is 0.136 e. The van der Waals surface area contributed by atoms with Crippen molar-refractivity contribution in [3.05, 3.63) is 180 Å². The van der Waals surface area contributed by atoms with Crippen LogP contribution in [0.4, 0.5) is 0 Å². The zero-order chi connectivity index (χ0) is 59.6. The molecule has 53 heavy (non-hydrogen) atoms. The number of benzene rings is 10. The fourth-order valence-electron chi connectivity index (χ4n) is 6.70. The first-order chi connectivity index (χ1) is 37.8. The third kappa shape index (κ3) is 4.57. The van der Waals surface area contributed by atoms with Crippen LogP contribution in [-0.4, -0.2) is 0 Å². The van der Waals surface area contributed by atoms with Gasteiger partial charge in [-0.1, -0.05) is 145 Å². The van der Waals surface area contributed by atoms with E-state index in [0.29, 0.717) is 11.1 Å². The van der Waals surface area contributed by atoms with Gasteiger partial charge < -0.3 is 4.42 Å². The molecule has 1 nitrogen and oxygen atoms in total. The van der Waals surface area contributed by atoms with E-state index in [1.165, 1.54) is 6.92 Å². The van der Waals surface area contributed by atoms with Crippen LogP contribution in [0.3, 0.4) is 0 Å². The summed E-state index contributed by atoms with van der Waals surface area (Å²) in [5.74, 6) is 0. The average molecular weight is 703 g/mol. The summed E-state index contributed by atoms with van der Waals surface area (Å²) in [4.78, 5) is 0. The van der Waals surface area contributed by atoms with Crippen molar-refractivity contribution in [3.8, 4) is 33.4 Å². The van der Waals surface area contributed by atoms with E-state index in [-0.39, 0.29) is 28.2 Å². The Morgan fingerprint density at radius 2 is 0.906 bits per heavy atom. The molecule has 0 amide bonds. The lowest BCUT2D eigenvalue weighted by Crippen LogP contribution is -1.91. The van der Waals surface area contributed by atoms with Gasteiger partial charge in [0.2, 0.25) is 0 Å².